The van der Waals surface area contributed by atoms with Crippen LogP contribution in [0.4, 0.5) is 5.69 Å². The SMILES string of the molecule is CCN(CC)C(=O)CN(C)CC(=O)Nc1cccc(C(=O)N2CCSCC2)c1. The summed E-state index contributed by atoms with van der Waals surface area (Å²) in [5.41, 5.74) is 1.17. The van der Waals surface area contributed by atoms with Crippen molar-refractivity contribution in [1.82, 2.24) is 14.7 Å². The summed E-state index contributed by atoms with van der Waals surface area (Å²) < 4.78 is 0. The number of amides is 3. The highest BCUT2D eigenvalue weighted by atomic mass is 32.2. The van der Waals surface area contributed by atoms with Crippen LogP contribution in [0.2, 0.25) is 0 Å². The standard InChI is InChI=1S/C20H30N4O3S/c1-4-23(5-2)19(26)15-22(3)14-18(25)21-17-8-6-7-16(13-17)20(27)24-9-11-28-12-10-24/h6-8,13H,4-5,9-12,14-15H2,1-3H3,(H,21,25). The Balaban J connectivity index is 1.89. The highest BCUT2D eigenvalue weighted by Gasteiger charge is 2.19. The van der Waals surface area contributed by atoms with Crippen molar-refractivity contribution < 1.29 is 14.4 Å². The maximum Gasteiger partial charge on any atom is 0.253 e. The molecule has 8 heteroatoms. The van der Waals surface area contributed by atoms with E-state index in [1.165, 1.54) is 0 Å². The van der Waals surface area contributed by atoms with E-state index in [9.17, 15) is 14.4 Å². The topological polar surface area (TPSA) is 73.0 Å². The number of anilines is 1. The number of hydrogen-bond donors (Lipinski definition) is 1. The summed E-state index contributed by atoms with van der Waals surface area (Å²) in [7, 11) is 1.75. The first-order chi connectivity index (χ1) is 13.4. The largest absolute Gasteiger partial charge is 0.342 e. The van der Waals surface area contributed by atoms with Crippen LogP contribution >= 0.6 is 11.8 Å². The lowest BCUT2D eigenvalue weighted by Gasteiger charge is -2.26. The van der Waals surface area contributed by atoms with Crippen molar-refractivity contribution in [3.05, 3.63) is 29.8 Å². The van der Waals surface area contributed by atoms with Gasteiger partial charge in [-0.1, -0.05) is 6.07 Å². The minimum Gasteiger partial charge on any atom is -0.342 e. The minimum absolute atomic E-state index is 0.00154. The van der Waals surface area contributed by atoms with Crippen LogP contribution in [0.15, 0.2) is 24.3 Å². The molecule has 2 rings (SSSR count). The number of nitrogens with one attached hydrogen (secondary N) is 1. The fraction of sp³-hybridized carbons (Fsp3) is 0.550. The molecule has 0 unspecified atom stereocenters. The van der Waals surface area contributed by atoms with E-state index < -0.39 is 0 Å². The first-order valence-electron chi connectivity index (χ1n) is 9.67. The highest BCUT2D eigenvalue weighted by molar-refractivity contribution is 7.99. The second-order valence-corrected chi connectivity index (χ2v) is 8.00. The molecule has 1 N–H and O–H groups in total. The van der Waals surface area contributed by atoms with Crippen molar-refractivity contribution in [3.8, 4) is 0 Å². The zero-order valence-corrected chi connectivity index (χ0v) is 17.8. The van der Waals surface area contributed by atoms with Gasteiger partial charge in [-0.15, -0.1) is 0 Å². The van der Waals surface area contributed by atoms with E-state index in [1.807, 2.05) is 30.5 Å². The Hall–Kier alpha value is -2.06. The molecule has 1 heterocycles. The third kappa shape index (κ3) is 6.53. The maximum absolute atomic E-state index is 12.6. The molecule has 1 aliphatic heterocycles. The van der Waals surface area contributed by atoms with E-state index in [-0.39, 0.29) is 30.8 Å². The average molecular weight is 407 g/mol. The van der Waals surface area contributed by atoms with Crippen LogP contribution in [0.3, 0.4) is 0 Å². The van der Waals surface area contributed by atoms with Gasteiger partial charge in [-0.05, 0) is 39.1 Å². The van der Waals surface area contributed by atoms with Crippen molar-refractivity contribution in [2.45, 2.75) is 13.8 Å². The predicted octanol–water partition coefficient (Wildman–Crippen LogP) is 1.61. The second-order valence-electron chi connectivity index (χ2n) is 6.77. The lowest BCUT2D eigenvalue weighted by atomic mass is 10.1. The number of rotatable bonds is 8. The summed E-state index contributed by atoms with van der Waals surface area (Å²) in [5, 5.41) is 2.82. The van der Waals surface area contributed by atoms with Crippen LogP contribution in [0, 0.1) is 0 Å². The number of thioether (sulfide) groups is 1. The first kappa shape index (κ1) is 22.2. The van der Waals surface area contributed by atoms with Gasteiger partial charge in [-0.3, -0.25) is 19.3 Å². The quantitative estimate of drug-likeness (QED) is 0.710. The molecule has 0 radical (unpaired) electrons. The van der Waals surface area contributed by atoms with Gasteiger partial charge >= 0.3 is 0 Å². The number of hydrogen-bond acceptors (Lipinski definition) is 5. The number of carbonyl (C=O) groups is 3. The van der Waals surface area contributed by atoms with Crippen LogP contribution in [0.1, 0.15) is 24.2 Å². The van der Waals surface area contributed by atoms with Crippen molar-refractivity contribution >= 4 is 35.2 Å². The van der Waals surface area contributed by atoms with Gasteiger partial charge in [0, 0.05) is 48.9 Å². The van der Waals surface area contributed by atoms with Crippen LogP contribution in [-0.2, 0) is 9.59 Å². The first-order valence-corrected chi connectivity index (χ1v) is 10.8. The molecule has 3 amide bonds. The fourth-order valence-corrected chi connectivity index (χ4v) is 3.99. The van der Waals surface area contributed by atoms with Crippen LogP contribution in [-0.4, -0.2) is 90.2 Å². The molecule has 0 bridgehead atoms. The van der Waals surface area contributed by atoms with Crippen molar-refractivity contribution in [3.63, 3.8) is 0 Å². The van der Waals surface area contributed by atoms with Crippen molar-refractivity contribution in [2.75, 3.05) is 63.1 Å². The van der Waals surface area contributed by atoms with Gasteiger partial charge in [0.1, 0.15) is 0 Å². The van der Waals surface area contributed by atoms with Crippen LogP contribution < -0.4 is 5.32 Å². The third-order valence-electron chi connectivity index (χ3n) is 4.63. The van der Waals surface area contributed by atoms with E-state index >= 15 is 0 Å². The molecule has 0 aliphatic carbocycles. The lowest BCUT2D eigenvalue weighted by Crippen LogP contribution is -2.41. The Labute approximate surface area is 171 Å². The molecule has 7 nitrogen and oxygen atoms in total. The zero-order valence-electron chi connectivity index (χ0n) is 16.9. The minimum atomic E-state index is -0.214. The summed E-state index contributed by atoms with van der Waals surface area (Å²) in [6, 6.07) is 7.02. The number of nitrogens with zero attached hydrogens (tertiary/aromatic N) is 3. The van der Waals surface area contributed by atoms with Gasteiger partial charge in [0.15, 0.2) is 0 Å². The molecule has 154 valence electrons. The van der Waals surface area contributed by atoms with Crippen molar-refractivity contribution in [1.29, 1.82) is 0 Å². The zero-order chi connectivity index (χ0) is 20.5. The third-order valence-corrected chi connectivity index (χ3v) is 5.57. The molecule has 1 saturated heterocycles. The smallest absolute Gasteiger partial charge is 0.253 e. The van der Waals surface area contributed by atoms with Crippen LogP contribution in [0.25, 0.3) is 0 Å². The number of likely N-dealkylation sites (N-methyl/N-ethyl adjacent to an activating group) is 2. The molecule has 28 heavy (non-hydrogen) atoms. The number of carbonyl (C=O) groups excluding carboxylic acids is 3. The van der Waals surface area contributed by atoms with Gasteiger partial charge in [-0.2, -0.15) is 11.8 Å². The molecule has 0 saturated carbocycles. The molecule has 0 atom stereocenters. The Morgan fingerprint density at radius 2 is 1.79 bits per heavy atom. The normalized spacial score (nSPS) is 14.1. The van der Waals surface area contributed by atoms with Crippen LogP contribution in [0.5, 0.6) is 0 Å². The number of benzene rings is 1. The molecule has 1 aliphatic rings. The average Bonchev–Trinajstić information content (AvgIpc) is 2.69. The van der Waals surface area contributed by atoms with Gasteiger partial charge in [0.05, 0.1) is 13.1 Å². The monoisotopic (exact) mass is 406 g/mol. The van der Waals surface area contributed by atoms with Gasteiger partial charge < -0.3 is 15.1 Å². The van der Waals surface area contributed by atoms with Gasteiger partial charge in [0.25, 0.3) is 5.91 Å². The summed E-state index contributed by atoms with van der Waals surface area (Å²) in [4.78, 5) is 42.3. The van der Waals surface area contributed by atoms with Gasteiger partial charge in [0.2, 0.25) is 11.8 Å². The molecule has 1 aromatic carbocycles. The maximum atomic E-state index is 12.6. The van der Waals surface area contributed by atoms with E-state index in [0.717, 1.165) is 24.6 Å². The Morgan fingerprint density at radius 1 is 1.11 bits per heavy atom. The molecule has 1 aromatic rings. The summed E-state index contributed by atoms with van der Waals surface area (Å²) in [5.74, 6) is 1.71. The summed E-state index contributed by atoms with van der Waals surface area (Å²) in [6.07, 6.45) is 0. The van der Waals surface area contributed by atoms with E-state index in [0.29, 0.717) is 24.3 Å². The van der Waals surface area contributed by atoms with E-state index in [4.69, 9.17) is 0 Å². The van der Waals surface area contributed by atoms with Crippen molar-refractivity contribution in [2.24, 2.45) is 0 Å². The lowest BCUT2D eigenvalue weighted by molar-refractivity contribution is -0.132. The Morgan fingerprint density at radius 3 is 2.43 bits per heavy atom. The molecular weight excluding hydrogens is 376 g/mol. The molecule has 0 aromatic heterocycles. The van der Waals surface area contributed by atoms with E-state index in [2.05, 4.69) is 5.32 Å². The summed E-state index contributed by atoms with van der Waals surface area (Å²) in [6.45, 7) is 7.00. The Bertz CT molecular complexity index is 688. The summed E-state index contributed by atoms with van der Waals surface area (Å²) >= 11 is 1.85. The molecule has 0 spiro atoms. The van der Waals surface area contributed by atoms with E-state index in [1.54, 1.807) is 41.1 Å². The molecule has 1 fully saturated rings. The highest BCUT2D eigenvalue weighted by Crippen LogP contribution is 2.16. The predicted molar refractivity (Wildman–Crippen MR) is 114 cm³/mol. The fourth-order valence-electron chi connectivity index (χ4n) is 3.09. The Kier molecular flexibility index (Phi) is 8.79. The molecular formula is C20H30N4O3S. The second kappa shape index (κ2) is 11.1. The van der Waals surface area contributed by atoms with Gasteiger partial charge in [-0.25, -0.2) is 0 Å².